The number of nitrogens with zero attached hydrogens (tertiary/aromatic N) is 10. The van der Waals surface area contributed by atoms with Crippen LogP contribution in [0.5, 0.6) is 11.8 Å². The van der Waals surface area contributed by atoms with Gasteiger partial charge in [-0.1, -0.05) is 72.8 Å². The van der Waals surface area contributed by atoms with E-state index in [4.69, 9.17) is 43.0 Å². The molecule has 4 fully saturated rings. The zero-order valence-corrected chi connectivity index (χ0v) is 60.7. The second-order valence-electron chi connectivity index (χ2n) is 28.5. The summed E-state index contributed by atoms with van der Waals surface area (Å²) in [5, 5.41) is 52.0. The maximum absolute atomic E-state index is 12.2. The molecule has 4 saturated heterocycles. The number of nitriles is 2. The molecule has 16 rings (SSSR count). The molecule has 22 heteroatoms. The minimum atomic E-state index is -0.735. The van der Waals surface area contributed by atoms with Crippen molar-refractivity contribution in [2.75, 3.05) is 73.7 Å². The van der Waals surface area contributed by atoms with E-state index < -0.39 is 5.97 Å². The first-order valence-corrected chi connectivity index (χ1v) is 35.8. The molecule has 6 atom stereocenters. The van der Waals surface area contributed by atoms with Crippen molar-refractivity contribution >= 4 is 33.9 Å². The number of carbonyl (C=O) groups excluding carboxylic acids is 1. The number of carbonyl (C=O) groups is 2. The first kappa shape index (κ1) is 73.7. The summed E-state index contributed by atoms with van der Waals surface area (Å²) in [7, 11) is 4.68. The Balaban J connectivity index is 0.000000183. The van der Waals surface area contributed by atoms with Gasteiger partial charge in [-0.15, -0.1) is 0 Å². The van der Waals surface area contributed by atoms with Crippen molar-refractivity contribution in [1.82, 2.24) is 39.5 Å². The van der Waals surface area contributed by atoms with Gasteiger partial charge in [-0.05, 0) is 183 Å². The smallest absolute Gasteiger partial charge is 0.870 e. The average Bonchev–Trinajstić information content (AvgIpc) is 1.62. The summed E-state index contributed by atoms with van der Waals surface area (Å²) in [6.45, 7) is 15.3. The number of esters is 1. The molecule has 0 amide bonds. The number of hydrogen-bond acceptors (Lipinski definition) is 20. The molecule has 10 aromatic rings. The van der Waals surface area contributed by atoms with Crippen LogP contribution in [0.25, 0.3) is 89.4 Å². The Labute approximate surface area is 622 Å². The molecule has 0 bridgehead atoms. The molecule has 0 spiro atoms. The number of aliphatic hydroxyl groups is 2. The molecule has 6 aliphatic rings. The van der Waals surface area contributed by atoms with Gasteiger partial charge in [0, 0.05) is 97.5 Å². The van der Waals surface area contributed by atoms with E-state index in [9.17, 15) is 35.4 Å². The van der Waals surface area contributed by atoms with Gasteiger partial charge in [0.15, 0.2) is 11.2 Å². The Bertz CT molecular complexity index is 5100. The predicted molar refractivity (Wildman–Crippen MR) is 393 cm³/mol. The molecule has 2 unspecified atom stereocenters. The van der Waals surface area contributed by atoms with Crippen LogP contribution in [-0.4, -0.2) is 158 Å². The standard InChI is InChI=1S/C42H43N5O5.C41H41N5O5.Li.H2O/c1-24-29(7-5-9-31(24)36-20-44-37(41(45-36)50-3)23-46-15-14-28(48)22-46)30-8-6-10-32(25(30)2)39-18-27-17-34-33(35(19-43)40(27)52-39)11-12-38(34)47-16-13-26(21-47)42(49)51-4;1-23-28(6-4-8-30(23)35-19-43-36(40(44-35)50-3)22-45-14-13-27(47)21-45)29-7-5-9-31(24(29)2)38-17-26-16-33-32(34(18-42)39(26)51-38)10-11-37(33)46-15-12-25(20-46)41(48)49;;/h5-10,17-18,20,26,28,38,48H,11-16,21-23H2,1-4H3;4-9,16-17,19,25,27,37,47H,10-15,20-22H2,1-3H3,(H,48,49);;1H2/q;;+1;/p-1/t26-,28-,38?;25-,27-,37?;;/m11../s1. The van der Waals surface area contributed by atoms with Crippen LogP contribution in [0.2, 0.25) is 0 Å². The zero-order valence-electron chi connectivity index (χ0n) is 60.7. The third kappa shape index (κ3) is 13.9. The third-order valence-electron chi connectivity index (χ3n) is 22.6. The van der Waals surface area contributed by atoms with E-state index in [-0.39, 0.29) is 66.4 Å². The maximum Gasteiger partial charge on any atom is 1.00 e. The fourth-order valence-corrected chi connectivity index (χ4v) is 17.2. The molecule has 8 heterocycles. The molecular formula is C83H85LiN10O11. The summed E-state index contributed by atoms with van der Waals surface area (Å²) in [5.74, 6) is 1.08. The summed E-state index contributed by atoms with van der Waals surface area (Å²) < 4.78 is 29.5. The van der Waals surface area contributed by atoms with Crippen LogP contribution in [0.3, 0.4) is 0 Å². The Kier molecular flexibility index (Phi) is 21.6. The number of β-amino-alcohol motifs (C(OH)–C–C–N with tert-alkyl or cyclic N) is 2. The Hall–Kier alpha value is -9.60. The number of ether oxygens (including phenoxy) is 3. The van der Waals surface area contributed by atoms with Crippen molar-refractivity contribution in [3.63, 3.8) is 0 Å². The second-order valence-corrected chi connectivity index (χ2v) is 28.5. The molecule has 0 radical (unpaired) electrons. The van der Waals surface area contributed by atoms with Crippen LogP contribution >= 0.6 is 0 Å². The van der Waals surface area contributed by atoms with Gasteiger partial charge in [0.1, 0.15) is 35.0 Å². The molecule has 2 aliphatic carbocycles. The van der Waals surface area contributed by atoms with E-state index in [1.807, 2.05) is 30.5 Å². The van der Waals surface area contributed by atoms with Crippen LogP contribution in [0.4, 0.5) is 0 Å². The van der Waals surface area contributed by atoms with Crippen molar-refractivity contribution in [3.8, 4) is 91.3 Å². The average molecular weight is 1410 g/mol. The fraction of sp³-hybridized carbons (Fsp3) is 0.373. The Morgan fingerprint density at radius 1 is 0.533 bits per heavy atom. The van der Waals surface area contributed by atoms with Gasteiger partial charge in [-0.2, -0.15) is 10.5 Å². The van der Waals surface area contributed by atoms with Crippen LogP contribution in [-0.2, 0) is 40.3 Å². The predicted octanol–water partition coefficient (Wildman–Crippen LogP) is 10.3. The number of carboxylic acid groups (broad SMARTS) is 1. The topological polar surface area (TPSA) is 291 Å². The molecule has 105 heavy (non-hydrogen) atoms. The summed E-state index contributed by atoms with van der Waals surface area (Å²) in [6, 6.07) is 38.6. The van der Waals surface area contributed by atoms with Gasteiger partial charge in [-0.3, -0.25) is 39.2 Å². The van der Waals surface area contributed by atoms with Gasteiger partial charge in [0.25, 0.3) is 0 Å². The number of likely N-dealkylation sites (tertiary alicyclic amines) is 4. The zero-order chi connectivity index (χ0) is 71.5. The first-order chi connectivity index (χ1) is 50.0. The van der Waals surface area contributed by atoms with Crippen molar-refractivity contribution < 1.29 is 72.3 Å². The summed E-state index contributed by atoms with van der Waals surface area (Å²) in [4.78, 5) is 52.1. The summed E-state index contributed by atoms with van der Waals surface area (Å²) >= 11 is 0. The van der Waals surface area contributed by atoms with Crippen molar-refractivity contribution in [1.29, 1.82) is 10.5 Å². The molecule has 6 aromatic carbocycles. The Morgan fingerprint density at radius 3 is 1.30 bits per heavy atom. The van der Waals surface area contributed by atoms with Crippen LogP contribution in [0, 0.1) is 62.2 Å². The molecular weight excluding hydrogens is 1320 g/mol. The van der Waals surface area contributed by atoms with E-state index in [2.05, 4.69) is 132 Å². The quantitative estimate of drug-likeness (QED) is 0.0598. The largest absolute Gasteiger partial charge is 1.00 e. The molecule has 4 aromatic heterocycles. The van der Waals surface area contributed by atoms with E-state index in [1.165, 1.54) is 12.7 Å². The van der Waals surface area contributed by atoms with Crippen LogP contribution < -0.4 is 28.3 Å². The molecule has 0 saturated carbocycles. The Morgan fingerprint density at radius 2 is 0.924 bits per heavy atom. The first-order valence-electron chi connectivity index (χ1n) is 35.8. The number of hydrogen-bond donors (Lipinski definition) is 3. The maximum atomic E-state index is 12.2. The third-order valence-corrected chi connectivity index (χ3v) is 22.6. The van der Waals surface area contributed by atoms with Gasteiger partial charge >= 0.3 is 30.8 Å². The van der Waals surface area contributed by atoms with Gasteiger partial charge in [-0.25, -0.2) is 9.97 Å². The van der Waals surface area contributed by atoms with Gasteiger partial charge in [0.05, 0.1) is 80.3 Å². The normalized spacial score (nSPS) is 20.1. The van der Waals surface area contributed by atoms with Crippen molar-refractivity contribution in [2.45, 2.75) is 116 Å². The number of aliphatic carboxylic acids is 1. The number of benzene rings is 6. The minimum Gasteiger partial charge on any atom is -0.870 e. The number of rotatable bonds is 16. The number of carboxylic acids is 1. The van der Waals surface area contributed by atoms with Gasteiger partial charge in [0.2, 0.25) is 11.8 Å². The second kappa shape index (κ2) is 30.8. The SMILES string of the molecule is COC(=O)[C@@H]1CCN(C2CCc3c2cc2cc(-c4cccc(-c5cccc(-c6cnc(CN7CC[C@@H](O)C7)c(OC)n6)c5C)c4C)oc2c3C#N)C1.COc1nc(-c2cccc(-c3cccc(-c4cc5cc6c(c(C#N)c5o4)CCC6N4CC[C@@H](C(=O)O)C4)c3C)c2C)cnc1CN1CC[C@@H](O)C1.[Li+].[OH-]. The summed E-state index contributed by atoms with van der Waals surface area (Å²) in [5.41, 5.74) is 22.2. The fourth-order valence-electron chi connectivity index (χ4n) is 17.2. The minimum absolute atomic E-state index is 0. The van der Waals surface area contributed by atoms with E-state index >= 15 is 0 Å². The van der Waals surface area contributed by atoms with E-state index in [0.29, 0.717) is 85.5 Å². The summed E-state index contributed by atoms with van der Waals surface area (Å²) in [6.07, 6.45) is 9.35. The monoisotopic (exact) mass is 1400 g/mol. The molecule has 21 nitrogen and oxygen atoms in total. The van der Waals surface area contributed by atoms with Crippen molar-refractivity contribution in [3.05, 3.63) is 176 Å². The number of furan rings is 2. The number of aliphatic hydroxyl groups excluding tert-OH is 2. The van der Waals surface area contributed by atoms with E-state index in [0.717, 1.165) is 194 Å². The van der Waals surface area contributed by atoms with Crippen molar-refractivity contribution in [2.24, 2.45) is 11.8 Å². The molecule has 534 valence electrons. The number of fused-ring (bicyclic) bond motifs is 4. The van der Waals surface area contributed by atoms with Crippen LogP contribution in [0.1, 0.15) is 118 Å². The number of methoxy groups -OCH3 is 3. The molecule has 4 aliphatic heterocycles. The molecule has 4 N–H and O–H groups in total. The van der Waals surface area contributed by atoms with Crippen LogP contribution in [0.15, 0.2) is 118 Å². The van der Waals surface area contributed by atoms with E-state index in [1.54, 1.807) is 20.4 Å². The number of aromatic nitrogens is 4. The van der Waals surface area contributed by atoms with Gasteiger partial charge < -0.3 is 43.8 Å².